The van der Waals surface area contributed by atoms with Crippen LogP contribution >= 0.6 is 12.4 Å². The van der Waals surface area contributed by atoms with E-state index < -0.39 is 6.61 Å². The van der Waals surface area contributed by atoms with E-state index in [2.05, 4.69) is 15.0 Å². The van der Waals surface area contributed by atoms with Gasteiger partial charge in [-0.3, -0.25) is 4.79 Å². The molecule has 10 heteroatoms. The predicted molar refractivity (Wildman–Crippen MR) is 93.1 cm³/mol. The van der Waals surface area contributed by atoms with Crippen molar-refractivity contribution in [2.45, 2.75) is 32.4 Å². The number of ether oxygens (including phenoxy) is 1. The van der Waals surface area contributed by atoms with Gasteiger partial charge in [-0.2, -0.15) is 8.78 Å². The van der Waals surface area contributed by atoms with E-state index in [0.29, 0.717) is 24.5 Å². The maximum Gasteiger partial charge on any atom is 0.387 e. The van der Waals surface area contributed by atoms with Crippen molar-refractivity contribution in [3.63, 3.8) is 0 Å². The molecular formula is C16H20ClF2N5O2. The van der Waals surface area contributed by atoms with Gasteiger partial charge in [0, 0.05) is 19.1 Å². The first-order valence-corrected chi connectivity index (χ1v) is 7.98. The number of carbonyl (C=O) groups is 1. The molecule has 1 saturated heterocycles. The molecule has 26 heavy (non-hydrogen) atoms. The second-order valence-corrected chi connectivity index (χ2v) is 5.94. The number of amides is 1. The number of nitrogens with zero attached hydrogens (tertiary/aromatic N) is 4. The van der Waals surface area contributed by atoms with Gasteiger partial charge >= 0.3 is 6.61 Å². The van der Waals surface area contributed by atoms with Crippen molar-refractivity contribution < 1.29 is 18.3 Å². The van der Waals surface area contributed by atoms with E-state index >= 15 is 0 Å². The highest BCUT2D eigenvalue weighted by Gasteiger charge is 2.26. The summed E-state index contributed by atoms with van der Waals surface area (Å²) in [7, 11) is 0. The normalized spacial score (nSPS) is 15.0. The Kier molecular flexibility index (Phi) is 6.49. The lowest BCUT2D eigenvalue weighted by Gasteiger charge is -2.29. The standard InChI is InChI=1S/C16H19F2N5O2.ClH/c1-10-14(15(24)22-8-6-11(19)7-9-22)20-21-23(10)12-2-4-13(5-3-12)25-16(17)18;/h2-5,11,16H,6-9,19H2,1H3;1H. The van der Waals surface area contributed by atoms with Crippen molar-refractivity contribution in [3.8, 4) is 11.4 Å². The number of rotatable bonds is 4. The van der Waals surface area contributed by atoms with Crippen molar-refractivity contribution in [3.05, 3.63) is 35.7 Å². The third-order valence-corrected chi connectivity index (χ3v) is 4.23. The highest BCUT2D eigenvalue weighted by atomic mass is 35.5. The number of halogens is 3. The van der Waals surface area contributed by atoms with Crippen LogP contribution in [0, 0.1) is 6.92 Å². The molecule has 0 atom stereocenters. The predicted octanol–water partition coefficient (Wildman–Crippen LogP) is 2.16. The van der Waals surface area contributed by atoms with Crippen LogP contribution in [0.3, 0.4) is 0 Å². The van der Waals surface area contributed by atoms with Crippen molar-refractivity contribution >= 4 is 18.3 Å². The summed E-state index contributed by atoms with van der Waals surface area (Å²) in [5.74, 6) is -0.120. The fourth-order valence-corrected chi connectivity index (χ4v) is 2.79. The lowest BCUT2D eigenvalue weighted by atomic mass is 10.1. The van der Waals surface area contributed by atoms with Crippen LogP contribution < -0.4 is 10.5 Å². The summed E-state index contributed by atoms with van der Waals surface area (Å²) in [6.45, 7) is 0.0746. The zero-order valence-electron chi connectivity index (χ0n) is 14.1. The van der Waals surface area contributed by atoms with Crippen LogP contribution in [0.15, 0.2) is 24.3 Å². The van der Waals surface area contributed by atoms with Gasteiger partial charge in [-0.25, -0.2) is 4.68 Å². The van der Waals surface area contributed by atoms with Crippen molar-refractivity contribution in [2.75, 3.05) is 13.1 Å². The molecule has 3 rings (SSSR count). The van der Waals surface area contributed by atoms with E-state index in [1.807, 2.05) is 0 Å². The Bertz CT molecular complexity index is 746. The van der Waals surface area contributed by atoms with E-state index in [9.17, 15) is 13.6 Å². The molecular weight excluding hydrogens is 368 g/mol. The van der Waals surface area contributed by atoms with Gasteiger partial charge in [0.05, 0.1) is 11.4 Å². The monoisotopic (exact) mass is 387 g/mol. The van der Waals surface area contributed by atoms with Gasteiger partial charge in [-0.15, -0.1) is 17.5 Å². The Hall–Kier alpha value is -2.26. The molecule has 1 aliphatic heterocycles. The summed E-state index contributed by atoms with van der Waals surface area (Å²) in [5, 5.41) is 8.01. The van der Waals surface area contributed by atoms with Gasteiger partial charge in [0.1, 0.15) is 5.75 Å². The summed E-state index contributed by atoms with van der Waals surface area (Å²) in [6.07, 6.45) is 1.54. The fraction of sp³-hybridized carbons (Fsp3) is 0.438. The maximum absolute atomic E-state index is 12.6. The minimum absolute atomic E-state index is 0. The summed E-state index contributed by atoms with van der Waals surface area (Å²) in [4.78, 5) is 14.3. The van der Waals surface area contributed by atoms with E-state index in [4.69, 9.17) is 5.73 Å². The number of likely N-dealkylation sites (tertiary alicyclic amines) is 1. The van der Waals surface area contributed by atoms with Crippen LogP contribution in [0.25, 0.3) is 5.69 Å². The van der Waals surface area contributed by atoms with E-state index in [0.717, 1.165) is 12.8 Å². The maximum atomic E-state index is 12.6. The average molecular weight is 388 g/mol. The molecule has 1 aromatic carbocycles. The molecule has 142 valence electrons. The third-order valence-electron chi connectivity index (χ3n) is 4.23. The minimum Gasteiger partial charge on any atom is -0.435 e. The van der Waals surface area contributed by atoms with Crippen molar-refractivity contribution in [1.82, 2.24) is 19.9 Å². The number of alkyl halides is 2. The van der Waals surface area contributed by atoms with Crippen LogP contribution in [0.4, 0.5) is 8.78 Å². The SMILES string of the molecule is Cc1c(C(=O)N2CCC(N)CC2)nnn1-c1ccc(OC(F)F)cc1.Cl. The highest BCUT2D eigenvalue weighted by molar-refractivity contribution is 5.93. The van der Waals surface area contributed by atoms with Gasteiger partial charge in [0.2, 0.25) is 0 Å². The second kappa shape index (κ2) is 8.41. The average Bonchev–Trinajstić information content (AvgIpc) is 2.97. The van der Waals surface area contributed by atoms with E-state index in [1.165, 1.54) is 16.8 Å². The van der Waals surface area contributed by atoms with Crippen LogP contribution in [0.5, 0.6) is 5.75 Å². The number of carbonyl (C=O) groups excluding carboxylic acids is 1. The molecule has 1 aromatic heterocycles. The van der Waals surface area contributed by atoms with Gasteiger partial charge in [0.15, 0.2) is 5.69 Å². The van der Waals surface area contributed by atoms with Crippen LogP contribution in [-0.4, -0.2) is 51.5 Å². The van der Waals surface area contributed by atoms with Gasteiger partial charge < -0.3 is 15.4 Å². The summed E-state index contributed by atoms with van der Waals surface area (Å²) in [5.41, 5.74) is 7.33. The van der Waals surface area contributed by atoms with E-state index in [1.54, 1.807) is 24.0 Å². The Balaban J connectivity index is 0.00000243. The molecule has 7 nitrogen and oxygen atoms in total. The lowest BCUT2D eigenvalue weighted by molar-refractivity contribution is -0.0498. The zero-order chi connectivity index (χ0) is 18.0. The largest absolute Gasteiger partial charge is 0.435 e. The summed E-state index contributed by atoms with van der Waals surface area (Å²) >= 11 is 0. The second-order valence-electron chi connectivity index (χ2n) is 5.94. The van der Waals surface area contributed by atoms with E-state index in [-0.39, 0.29) is 35.8 Å². The number of hydrogen-bond acceptors (Lipinski definition) is 5. The van der Waals surface area contributed by atoms with Gasteiger partial charge in [-0.1, -0.05) is 5.21 Å². The molecule has 1 fully saturated rings. The Morgan fingerprint density at radius 1 is 1.27 bits per heavy atom. The molecule has 0 bridgehead atoms. The summed E-state index contributed by atoms with van der Waals surface area (Å²) in [6, 6.07) is 6.11. The lowest BCUT2D eigenvalue weighted by Crippen LogP contribution is -2.43. The van der Waals surface area contributed by atoms with Gasteiger partial charge in [-0.05, 0) is 44.0 Å². The molecule has 1 aliphatic rings. The first kappa shape index (κ1) is 20.1. The Morgan fingerprint density at radius 3 is 2.46 bits per heavy atom. The third kappa shape index (κ3) is 4.28. The molecule has 2 aromatic rings. The van der Waals surface area contributed by atoms with Crippen LogP contribution in [-0.2, 0) is 0 Å². The zero-order valence-corrected chi connectivity index (χ0v) is 15.0. The molecule has 0 unspecified atom stereocenters. The molecule has 0 radical (unpaired) electrons. The molecule has 2 N–H and O–H groups in total. The van der Waals surface area contributed by atoms with Crippen molar-refractivity contribution in [2.24, 2.45) is 5.73 Å². The molecule has 0 saturated carbocycles. The topological polar surface area (TPSA) is 86.3 Å². The number of aromatic nitrogens is 3. The first-order valence-electron chi connectivity index (χ1n) is 7.98. The number of hydrogen-bond donors (Lipinski definition) is 1. The molecule has 0 aliphatic carbocycles. The molecule has 2 heterocycles. The Labute approximate surface area is 155 Å². The fourth-order valence-electron chi connectivity index (χ4n) is 2.79. The number of benzene rings is 1. The first-order chi connectivity index (χ1) is 12.0. The number of piperidine rings is 1. The highest BCUT2D eigenvalue weighted by Crippen LogP contribution is 2.20. The molecule has 1 amide bonds. The molecule has 0 spiro atoms. The van der Waals surface area contributed by atoms with Crippen LogP contribution in [0.2, 0.25) is 0 Å². The quantitative estimate of drug-likeness (QED) is 0.868. The smallest absolute Gasteiger partial charge is 0.387 e. The van der Waals surface area contributed by atoms with Crippen molar-refractivity contribution in [1.29, 1.82) is 0 Å². The number of nitrogens with two attached hydrogens (primary N) is 1. The summed E-state index contributed by atoms with van der Waals surface area (Å²) < 4.78 is 30.2. The van der Waals surface area contributed by atoms with Crippen LogP contribution in [0.1, 0.15) is 29.0 Å². The minimum atomic E-state index is -2.87. The van der Waals surface area contributed by atoms with Gasteiger partial charge in [0.25, 0.3) is 5.91 Å². The Morgan fingerprint density at radius 2 is 1.88 bits per heavy atom.